The topological polar surface area (TPSA) is 115 Å². The summed E-state index contributed by atoms with van der Waals surface area (Å²) in [4.78, 5) is 11.8. The van der Waals surface area contributed by atoms with Crippen molar-refractivity contribution in [2.45, 2.75) is 11.4 Å². The summed E-state index contributed by atoms with van der Waals surface area (Å²) < 4.78 is 22.7. The minimum absolute atomic E-state index is 0.0810. The van der Waals surface area contributed by atoms with Gasteiger partial charge in [0.2, 0.25) is 10.0 Å². The fourth-order valence-corrected chi connectivity index (χ4v) is 2.55. The first-order chi connectivity index (χ1) is 9.89. The van der Waals surface area contributed by atoms with E-state index in [1.54, 1.807) is 0 Å². The molecular weight excluding hydrogens is 290 g/mol. The highest BCUT2D eigenvalue weighted by Crippen LogP contribution is 2.21. The normalized spacial score (nSPS) is 11.1. The van der Waals surface area contributed by atoms with Gasteiger partial charge in [-0.15, -0.1) is 0 Å². The Balaban J connectivity index is 2.21. The first kappa shape index (κ1) is 15.0. The molecule has 0 unspecified atom stereocenters. The molecule has 2 aromatic carbocycles. The second-order valence-electron chi connectivity index (χ2n) is 4.43. The van der Waals surface area contributed by atoms with Crippen LogP contribution >= 0.6 is 0 Å². The molecule has 0 aromatic heterocycles. The van der Waals surface area contributed by atoms with Gasteiger partial charge in [-0.05, 0) is 17.7 Å². The largest absolute Gasteiger partial charge is 0.397 e. The number of primary sulfonamides is 1. The average Bonchev–Trinajstić information content (AvgIpc) is 2.45. The van der Waals surface area contributed by atoms with Gasteiger partial charge < -0.3 is 11.1 Å². The van der Waals surface area contributed by atoms with Crippen molar-refractivity contribution in [2.75, 3.05) is 5.73 Å². The number of nitrogen functional groups attached to an aromatic ring is 1. The molecule has 7 heteroatoms. The third-order valence-corrected chi connectivity index (χ3v) is 3.88. The predicted octanol–water partition coefficient (Wildman–Crippen LogP) is 0.846. The second-order valence-corrected chi connectivity index (χ2v) is 5.96. The fraction of sp³-hybridized carbons (Fsp3) is 0.0714. The van der Waals surface area contributed by atoms with Crippen LogP contribution in [0.15, 0.2) is 53.4 Å². The molecule has 110 valence electrons. The molecule has 6 nitrogen and oxygen atoms in total. The van der Waals surface area contributed by atoms with Gasteiger partial charge in [0.25, 0.3) is 5.91 Å². The minimum Gasteiger partial charge on any atom is -0.397 e. The number of benzene rings is 2. The van der Waals surface area contributed by atoms with Gasteiger partial charge in [-0.2, -0.15) is 0 Å². The smallest absolute Gasteiger partial charge is 0.253 e. The first-order valence-electron chi connectivity index (χ1n) is 6.13. The third-order valence-electron chi connectivity index (χ3n) is 2.91. The predicted molar refractivity (Wildman–Crippen MR) is 79.8 cm³/mol. The van der Waals surface area contributed by atoms with Crippen molar-refractivity contribution < 1.29 is 13.2 Å². The van der Waals surface area contributed by atoms with Crippen LogP contribution in [0.3, 0.4) is 0 Å². The zero-order valence-electron chi connectivity index (χ0n) is 11.1. The van der Waals surface area contributed by atoms with Gasteiger partial charge >= 0.3 is 0 Å². The van der Waals surface area contributed by atoms with Gasteiger partial charge in [0.15, 0.2) is 0 Å². The Hall–Kier alpha value is -2.38. The lowest BCUT2D eigenvalue weighted by molar-refractivity contribution is 0.0951. The molecule has 1 amide bonds. The number of nitrogens with two attached hydrogens (primary N) is 2. The lowest BCUT2D eigenvalue weighted by Gasteiger charge is -2.10. The van der Waals surface area contributed by atoms with E-state index in [-0.39, 0.29) is 16.1 Å². The van der Waals surface area contributed by atoms with Crippen LogP contribution in [-0.2, 0) is 16.6 Å². The quantitative estimate of drug-likeness (QED) is 0.726. The standard InChI is InChI=1S/C14H15N3O3S/c15-13-11(7-4-8-12(13)21(16,19)20)14(18)17-9-10-5-2-1-3-6-10/h1-8H,9,15H2,(H,17,18)(H2,16,19,20). The number of para-hydroxylation sites is 1. The van der Waals surface area contributed by atoms with E-state index >= 15 is 0 Å². The number of hydrogen-bond acceptors (Lipinski definition) is 4. The maximum absolute atomic E-state index is 12.1. The number of anilines is 1. The molecule has 0 aliphatic heterocycles. The molecule has 21 heavy (non-hydrogen) atoms. The van der Waals surface area contributed by atoms with E-state index in [4.69, 9.17) is 10.9 Å². The molecular formula is C14H15N3O3S. The van der Waals surface area contributed by atoms with Crippen molar-refractivity contribution in [2.24, 2.45) is 5.14 Å². The van der Waals surface area contributed by atoms with Crippen molar-refractivity contribution in [3.8, 4) is 0 Å². The summed E-state index contributed by atoms with van der Waals surface area (Å²) in [5.41, 5.74) is 6.58. The van der Waals surface area contributed by atoms with Crippen LogP contribution in [-0.4, -0.2) is 14.3 Å². The van der Waals surface area contributed by atoms with E-state index in [1.165, 1.54) is 18.2 Å². The molecule has 0 atom stereocenters. The van der Waals surface area contributed by atoms with Crippen LogP contribution in [0.4, 0.5) is 5.69 Å². The Morgan fingerprint density at radius 1 is 1.05 bits per heavy atom. The molecule has 2 aromatic rings. The number of carbonyl (C=O) groups excluding carboxylic acids is 1. The maximum atomic E-state index is 12.1. The molecule has 0 fully saturated rings. The monoisotopic (exact) mass is 305 g/mol. The van der Waals surface area contributed by atoms with Crippen molar-refractivity contribution in [1.82, 2.24) is 5.32 Å². The lowest BCUT2D eigenvalue weighted by atomic mass is 10.1. The van der Waals surface area contributed by atoms with E-state index < -0.39 is 15.9 Å². The van der Waals surface area contributed by atoms with E-state index in [9.17, 15) is 13.2 Å². The highest BCUT2D eigenvalue weighted by Gasteiger charge is 2.18. The van der Waals surface area contributed by atoms with Crippen LogP contribution in [0, 0.1) is 0 Å². The van der Waals surface area contributed by atoms with Gasteiger partial charge in [0.05, 0.1) is 11.3 Å². The lowest BCUT2D eigenvalue weighted by Crippen LogP contribution is -2.25. The molecule has 0 bridgehead atoms. The Kier molecular flexibility index (Phi) is 4.25. The van der Waals surface area contributed by atoms with Gasteiger partial charge in [-0.3, -0.25) is 4.79 Å². The molecule has 0 aliphatic carbocycles. The van der Waals surface area contributed by atoms with Crippen LogP contribution in [0.2, 0.25) is 0 Å². The molecule has 0 saturated carbocycles. The van der Waals surface area contributed by atoms with Gasteiger partial charge in [0.1, 0.15) is 4.90 Å². The SMILES string of the molecule is Nc1c(C(=O)NCc2ccccc2)cccc1S(N)(=O)=O. The van der Waals surface area contributed by atoms with E-state index in [0.717, 1.165) is 5.56 Å². The number of hydrogen-bond donors (Lipinski definition) is 3. The molecule has 0 spiro atoms. The maximum Gasteiger partial charge on any atom is 0.253 e. The number of rotatable bonds is 4. The molecule has 0 radical (unpaired) electrons. The van der Waals surface area contributed by atoms with Crippen molar-refractivity contribution in [1.29, 1.82) is 0 Å². The fourth-order valence-electron chi connectivity index (χ4n) is 1.86. The average molecular weight is 305 g/mol. The van der Waals surface area contributed by atoms with E-state index in [2.05, 4.69) is 5.32 Å². The minimum atomic E-state index is -3.96. The molecule has 2 rings (SSSR count). The van der Waals surface area contributed by atoms with Crippen LogP contribution in [0.5, 0.6) is 0 Å². The first-order valence-corrected chi connectivity index (χ1v) is 7.67. The summed E-state index contributed by atoms with van der Waals surface area (Å²) in [5, 5.41) is 7.73. The summed E-state index contributed by atoms with van der Waals surface area (Å²) in [6, 6.07) is 13.5. The zero-order valence-corrected chi connectivity index (χ0v) is 11.9. The molecule has 0 aliphatic rings. The summed E-state index contributed by atoms with van der Waals surface area (Å²) in [7, 11) is -3.96. The van der Waals surface area contributed by atoms with Crippen molar-refractivity contribution in [3.63, 3.8) is 0 Å². The number of carbonyl (C=O) groups is 1. The highest BCUT2D eigenvalue weighted by atomic mass is 32.2. The van der Waals surface area contributed by atoms with Crippen molar-refractivity contribution >= 4 is 21.6 Å². The van der Waals surface area contributed by atoms with Gasteiger partial charge in [-0.1, -0.05) is 36.4 Å². The van der Waals surface area contributed by atoms with Crippen LogP contribution in [0.1, 0.15) is 15.9 Å². The number of nitrogens with one attached hydrogen (secondary N) is 1. The summed E-state index contributed by atoms with van der Waals surface area (Å²) in [6.07, 6.45) is 0. The highest BCUT2D eigenvalue weighted by molar-refractivity contribution is 7.89. The van der Waals surface area contributed by atoms with Crippen molar-refractivity contribution in [3.05, 3.63) is 59.7 Å². The van der Waals surface area contributed by atoms with E-state index in [0.29, 0.717) is 6.54 Å². The zero-order chi connectivity index (χ0) is 15.5. The van der Waals surface area contributed by atoms with Crippen LogP contribution in [0.25, 0.3) is 0 Å². The van der Waals surface area contributed by atoms with Crippen LogP contribution < -0.4 is 16.2 Å². The number of amides is 1. The summed E-state index contributed by atoms with van der Waals surface area (Å²) >= 11 is 0. The number of sulfonamides is 1. The molecule has 5 N–H and O–H groups in total. The third kappa shape index (κ3) is 3.59. The Labute approximate surface area is 122 Å². The molecule has 0 saturated heterocycles. The molecule has 0 heterocycles. The Bertz CT molecular complexity index is 758. The Morgan fingerprint density at radius 3 is 2.33 bits per heavy atom. The van der Waals surface area contributed by atoms with Gasteiger partial charge in [0, 0.05) is 6.54 Å². The van der Waals surface area contributed by atoms with Gasteiger partial charge in [-0.25, -0.2) is 13.6 Å². The summed E-state index contributed by atoms with van der Waals surface area (Å²) in [5.74, 6) is -0.457. The second kappa shape index (κ2) is 5.94. The Morgan fingerprint density at radius 2 is 1.71 bits per heavy atom. The van der Waals surface area contributed by atoms with E-state index in [1.807, 2.05) is 30.3 Å². The summed E-state index contributed by atoms with van der Waals surface area (Å²) in [6.45, 7) is 0.318.